The lowest BCUT2D eigenvalue weighted by Gasteiger charge is -2.31. The van der Waals surface area contributed by atoms with Crippen LogP contribution in [0.4, 0.5) is 0 Å². The van der Waals surface area contributed by atoms with E-state index in [-0.39, 0.29) is 29.6 Å². The van der Waals surface area contributed by atoms with Crippen LogP contribution in [0.25, 0.3) is 5.76 Å². The standard InChI is InChI=1S/C17H21NO4/c1-4-22-13-7-5-12(6-8-13)16(20)15-14(19)9-10-18(11(2)3)17(15)21/h5-8,11,20H,4,9-10H2,1-3H3. The van der Waals surface area contributed by atoms with Crippen LogP contribution in [0.3, 0.4) is 0 Å². The molecule has 5 heteroatoms. The highest BCUT2D eigenvalue weighted by Crippen LogP contribution is 2.25. The Morgan fingerprint density at radius 2 is 1.91 bits per heavy atom. The minimum absolute atomic E-state index is 0.0104. The number of ketones is 1. The lowest BCUT2D eigenvalue weighted by molar-refractivity contribution is -0.134. The zero-order valence-electron chi connectivity index (χ0n) is 13.1. The van der Waals surface area contributed by atoms with Crippen LogP contribution in [0.5, 0.6) is 5.75 Å². The Bertz CT molecular complexity index is 602. The Kier molecular flexibility index (Phi) is 4.85. The molecule has 22 heavy (non-hydrogen) atoms. The molecule has 0 radical (unpaired) electrons. The third kappa shape index (κ3) is 3.13. The molecule has 1 saturated heterocycles. The maximum atomic E-state index is 12.4. The van der Waals surface area contributed by atoms with E-state index >= 15 is 0 Å². The van der Waals surface area contributed by atoms with Crippen molar-refractivity contribution in [3.63, 3.8) is 0 Å². The van der Waals surface area contributed by atoms with Gasteiger partial charge in [0.25, 0.3) is 5.91 Å². The third-order valence-electron chi connectivity index (χ3n) is 3.63. The zero-order chi connectivity index (χ0) is 16.3. The number of carbonyl (C=O) groups is 2. The van der Waals surface area contributed by atoms with Gasteiger partial charge in [-0.1, -0.05) is 0 Å². The van der Waals surface area contributed by atoms with E-state index < -0.39 is 5.91 Å². The summed E-state index contributed by atoms with van der Waals surface area (Å²) in [6.45, 7) is 6.61. The number of likely N-dealkylation sites (tertiary alicyclic amines) is 1. The Balaban J connectivity index is 2.37. The van der Waals surface area contributed by atoms with E-state index in [2.05, 4.69) is 0 Å². The van der Waals surface area contributed by atoms with E-state index in [4.69, 9.17) is 4.74 Å². The van der Waals surface area contributed by atoms with E-state index in [1.165, 1.54) is 0 Å². The van der Waals surface area contributed by atoms with Gasteiger partial charge < -0.3 is 14.7 Å². The number of carbonyl (C=O) groups excluding carboxylic acids is 2. The van der Waals surface area contributed by atoms with E-state index in [0.29, 0.717) is 24.5 Å². The van der Waals surface area contributed by atoms with Crippen LogP contribution >= 0.6 is 0 Å². The van der Waals surface area contributed by atoms with Crippen molar-refractivity contribution in [1.82, 2.24) is 4.90 Å². The molecule has 0 spiro atoms. The summed E-state index contributed by atoms with van der Waals surface area (Å²) in [6, 6.07) is 6.68. The Hall–Kier alpha value is -2.30. The Labute approximate surface area is 130 Å². The number of aliphatic hydroxyl groups excluding tert-OH is 1. The van der Waals surface area contributed by atoms with E-state index in [9.17, 15) is 14.7 Å². The van der Waals surface area contributed by atoms with Crippen LogP contribution in [0.1, 0.15) is 32.8 Å². The lowest BCUT2D eigenvalue weighted by atomic mass is 9.97. The second kappa shape index (κ2) is 6.64. The quantitative estimate of drug-likeness (QED) is 0.527. The summed E-state index contributed by atoms with van der Waals surface area (Å²) < 4.78 is 5.34. The first kappa shape index (κ1) is 16.1. The average molecular weight is 303 g/mol. The highest BCUT2D eigenvalue weighted by molar-refractivity contribution is 6.25. The topological polar surface area (TPSA) is 66.8 Å². The number of amides is 1. The number of hydrogen-bond acceptors (Lipinski definition) is 4. The Morgan fingerprint density at radius 3 is 2.45 bits per heavy atom. The molecule has 1 heterocycles. The minimum Gasteiger partial charge on any atom is -0.506 e. The minimum atomic E-state index is -0.405. The Morgan fingerprint density at radius 1 is 1.27 bits per heavy atom. The first-order chi connectivity index (χ1) is 10.5. The number of Topliss-reactive ketones (excluding diaryl/α,β-unsaturated/α-hetero) is 1. The molecule has 0 unspecified atom stereocenters. The van der Waals surface area contributed by atoms with Crippen LogP contribution in [-0.2, 0) is 9.59 Å². The van der Waals surface area contributed by atoms with Gasteiger partial charge in [0.2, 0.25) is 0 Å². The van der Waals surface area contributed by atoms with Crippen molar-refractivity contribution in [3.05, 3.63) is 35.4 Å². The fraction of sp³-hybridized carbons (Fsp3) is 0.412. The van der Waals surface area contributed by atoms with Gasteiger partial charge in [-0.3, -0.25) is 9.59 Å². The van der Waals surface area contributed by atoms with Crippen LogP contribution in [0, 0.1) is 0 Å². The summed E-state index contributed by atoms with van der Waals surface area (Å²) >= 11 is 0. The SMILES string of the molecule is CCOc1ccc(C(O)=C2C(=O)CCN(C(C)C)C2=O)cc1. The molecule has 0 bridgehead atoms. The van der Waals surface area contributed by atoms with Crippen LogP contribution < -0.4 is 4.74 Å². The molecule has 0 saturated carbocycles. The number of nitrogens with zero attached hydrogens (tertiary/aromatic N) is 1. The van der Waals surface area contributed by atoms with Crippen LogP contribution in [0.15, 0.2) is 29.8 Å². The van der Waals surface area contributed by atoms with E-state index in [1.807, 2.05) is 20.8 Å². The number of aliphatic hydroxyl groups is 1. The molecule has 1 aliphatic rings. The van der Waals surface area contributed by atoms with Gasteiger partial charge in [0, 0.05) is 24.6 Å². The smallest absolute Gasteiger partial charge is 0.261 e. The van der Waals surface area contributed by atoms with Crippen molar-refractivity contribution in [2.45, 2.75) is 33.2 Å². The predicted molar refractivity (Wildman–Crippen MR) is 83.6 cm³/mol. The van der Waals surface area contributed by atoms with E-state index in [0.717, 1.165) is 0 Å². The van der Waals surface area contributed by atoms with Crippen molar-refractivity contribution in [3.8, 4) is 5.75 Å². The molecule has 1 aromatic rings. The molecule has 0 aliphatic carbocycles. The zero-order valence-corrected chi connectivity index (χ0v) is 13.1. The largest absolute Gasteiger partial charge is 0.506 e. The van der Waals surface area contributed by atoms with Gasteiger partial charge in [-0.15, -0.1) is 0 Å². The lowest BCUT2D eigenvalue weighted by Crippen LogP contribution is -2.45. The van der Waals surface area contributed by atoms with Crippen molar-refractivity contribution in [2.24, 2.45) is 0 Å². The third-order valence-corrected chi connectivity index (χ3v) is 3.63. The van der Waals surface area contributed by atoms with Gasteiger partial charge in [-0.05, 0) is 45.0 Å². The number of benzene rings is 1. The van der Waals surface area contributed by atoms with Crippen LogP contribution in [0.2, 0.25) is 0 Å². The number of piperidine rings is 1. The fourth-order valence-corrected chi connectivity index (χ4v) is 2.46. The fourth-order valence-electron chi connectivity index (χ4n) is 2.46. The first-order valence-electron chi connectivity index (χ1n) is 7.46. The second-order valence-corrected chi connectivity index (χ2v) is 5.45. The summed E-state index contributed by atoms with van der Waals surface area (Å²) in [5.41, 5.74) is 0.315. The van der Waals surface area contributed by atoms with Gasteiger partial charge in [-0.2, -0.15) is 0 Å². The van der Waals surface area contributed by atoms with Gasteiger partial charge in [0.15, 0.2) is 5.78 Å². The molecule has 0 atom stereocenters. The molecule has 1 fully saturated rings. The second-order valence-electron chi connectivity index (χ2n) is 5.45. The summed E-state index contributed by atoms with van der Waals surface area (Å²) in [6.07, 6.45) is 0.236. The monoisotopic (exact) mass is 303 g/mol. The van der Waals surface area contributed by atoms with Crippen molar-refractivity contribution in [1.29, 1.82) is 0 Å². The normalized spacial score (nSPS) is 17.9. The van der Waals surface area contributed by atoms with Crippen molar-refractivity contribution < 1.29 is 19.4 Å². The van der Waals surface area contributed by atoms with Gasteiger partial charge in [0.1, 0.15) is 17.1 Å². The van der Waals surface area contributed by atoms with Crippen LogP contribution in [-0.4, -0.2) is 40.9 Å². The molecule has 1 N–H and O–H groups in total. The number of ether oxygens (including phenoxy) is 1. The molecule has 1 aliphatic heterocycles. The molecular formula is C17H21NO4. The van der Waals surface area contributed by atoms with Crippen molar-refractivity contribution >= 4 is 17.4 Å². The number of rotatable bonds is 4. The highest BCUT2D eigenvalue weighted by atomic mass is 16.5. The highest BCUT2D eigenvalue weighted by Gasteiger charge is 2.34. The van der Waals surface area contributed by atoms with Crippen molar-refractivity contribution in [2.75, 3.05) is 13.2 Å². The maximum absolute atomic E-state index is 12.4. The molecule has 5 nitrogen and oxygen atoms in total. The molecule has 1 amide bonds. The molecule has 0 aromatic heterocycles. The van der Waals surface area contributed by atoms with Gasteiger partial charge in [0.05, 0.1) is 6.61 Å². The average Bonchev–Trinajstić information content (AvgIpc) is 2.48. The summed E-state index contributed by atoms with van der Waals surface area (Å²) in [7, 11) is 0. The summed E-state index contributed by atoms with van der Waals surface area (Å²) in [4.78, 5) is 26.1. The summed E-state index contributed by atoms with van der Waals surface area (Å²) in [5.74, 6) is -0.302. The first-order valence-corrected chi connectivity index (χ1v) is 7.46. The van der Waals surface area contributed by atoms with Gasteiger partial charge >= 0.3 is 0 Å². The number of hydrogen-bond donors (Lipinski definition) is 1. The van der Waals surface area contributed by atoms with Gasteiger partial charge in [-0.25, -0.2) is 0 Å². The molecular weight excluding hydrogens is 282 g/mol. The molecule has 118 valence electrons. The van der Waals surface area contributed by atoms with E-state index in [1.54, 1.807) is 29.2 Å². The predicted octanol–water partition coefficient (Wildman–Crippen LogP) is 2.56. The summed E-state index contributed by atoms with van der Waals surface area (Å²) in [5, 5.41) is 10.4. The molecule has 2 rings (SSSR count). The molecule has 1 aromatic carbocycles. The maximum Gasteiger partial charge on any atom is 0.261 e.